The summed E-state index contributed by atoms with van der Waals surface area (Å²) in [5.41, 5.74) is 1.17. The van der Waals surface area contributed by atoms with Gasteiger partial charge in [-0.2, -0.15) is 14.9 Å². The number of hydrogen-bond donors (Lipinski definition) is 2. The number of aryl methyl sites for hydroxylation is 1. The van der Waals surface area contributed by atoms with Gasteiger partial charge in [-0.3, -0.25) is 4.79 Å². The number of nitrogens with one attached hydrogen (secondary N) is 1. The third-order valence-electron chi connectivity index (χ3n) is 4.10. The molecule has 2 N–H and O–H groups in total. The highest BCUT2D eigenvalue weighted by Crippen LogP contribution is 2.35. The van der Waals surface area contributed by atoms with Crippen LogP contribution in [0.5, 0.6) is 5.88 Å². The van der Waals surface area contributed by atoms with Gasteiger partial charge in [-0.05, 0) is 25.7 Å². The lowest BCUT2D eigenvalue weighted by atomic mass is 9.85. The van der Waals surface area contributed by atoms with Gasteiger partial charge < -0.3 is 10.1 Å². The van der Waals surface area contributed by atoms with E-state index in [1.807, 2.05) is 6.07 Å². The van der Waals surface area contributed by atoms with Crippen LogP contribution in [-0.4, -0.2) is 19.7 Å². The smallest absolute Gasteiger partial charge is 0.258 e. The molecule has 0 unspecified atom stereocenters. The number of rotatable bonds is 1. The molecule has 1 saturated carbocycles. The van der Waals surface area contributed by atoms with E-state index < -0.39 is 0 Å². The Labute approximate surface area is 115 Å². The van der Waals surface area contributed by atoms with Crippen LogP contribution in [0.15, 0.2) is 4.79 Å². The molecule has 1 fully saturated rings. The van der Waals surface area contributed by atoms with E-state index in [0.29, 0.717) is 16.8 Å². The third kappa shape index (κ3) is 1.78. The molecule has 0 radical (unpaired) electrons. The molecule has 2 heterocycles. The summed E-state index contributed by atoms with van der Waals surface area (Å²) in [5.74, 6) is -0.0489. The van der Waals surface area contributed by atoms with Gasteiger partial charge in [0.1, 0.15) is 11.6 Å². The zero-order valence-corrected chi connectivity index (χ0v) is 11.3. The minimum absolute atomic E-state index is 0.0759. The molecule has 20 heavy (non-hydrogen) atoms. The van der Waals surface area contributed by atoms with Gasteiger partial charge in [0.15, 0.2) is 5.65 Å². The first-order chi connectivity index (χ1) is 9.63. The van der Waals surface area contributed by atoms with Gasteiger partial charge in [-0.25, -0.2) is 0 Å². The largest absolute Gasteiger partial charge is 0.493 e. The fraction of sp³-hybridized carbons (Fsp3) is 0.500. The maximum atomic E-state index is 12.3. The van der Waals surface area contributed by atoms with Gasteiger partial charge in [0.25, 0.3) is 5.56 Å². The Bertz CT molecular complexity index is 760. The predicted molar refractivity (Wildman–Crippen MR) is 72.8 cm³/mol. The van der Waals surface area contributed by atoms with Crippen LogP contribution in [0.25, 0.3) is 5.65 Å². The van der Waals surface area contributed by atoms with Crippen molar-refractivity contribution in [3.05, 3.63) is 27.2 Å². The van der Waals surface area contributed by atoms with E-state index in [9.17, 15) is 9.90 Å². The van der Waals surface area contributed by atoms with Gasteiger partial charge in [0.2, 0.25) is 5.88 Å². The van der Waals surface area contributed by atoms with Crippen LogP contribution in [0.2, 0.25) is 0 Å². The summed E-state index contributed by atoms with van der Waals surface area (Å²) < 4.78 is 1.28. The molecule has 6 nitrogen and oxygen atoms in total. The predicted octanol–water partition coefficient (Wildman–Crippen LogP) is 1.96. The van der Waals surface area contributed by atoms with Crippen LogP contribution in [0.3, 0.4) is 0 Å². The summed E-state index contributed by atoms with van der Waals surface area (Å²) in [5, 5.41) is 23.6. The number of H-pyrrole nitrogens is 1. The average molecular weight is 272 g/mol. The molecular weight excluding hydrogens is 256 g/mol. The van der Waals surface area contributed by atoms with E-state index in [4.69, 9.17) is 5.26 Å². The summed E-state index contributed by atoms with van der Waals surface area (Å²) in [7, 11) is 0. The number of aromatic hydroxyl groups is 1. The molecule has 3 rings (SSSR count). The van der Waals surface area contributed by atoms with E-state index in [-0.39, 0.29) is 23.0 Å². The SMILES string of the molecule is Cc1nn2c(O)c(C3CCCCC3)c(=O)[nH]c2c1C#N. The molecule has 0 spiro atoms. The molecule has 0 atom stereocenters. The number of fused-ring (bicyclic) bond motifs is 1. The molecule has 0 aliphatic heterocycles. The van der Waals surface area contributed by atoms with Crippen LogP contribution >= 0.6 is 0 Å². The minimum atomic E-state index is -0.307. The molecule has 0 aromatic carbocycles. The maximum Gasteiger partial charge on any atom is 0.258 e. The Hall–Kier alpha value is -2.29. The molecule has 2 aromatic heterocycles. The first-order valence-electron chi connectivity index (χ1n) is 6.88. The van der Waals surface area contributed by atoms with Crippen LogP contribution in [0.4, 0.5) is 0 Å². The van der Waals surface area contributed by atoms with Crippen molar-refractivity contribution < 1.29 is 5.11 Å². The molecule has 6 heteroatoms. The van der Waals surface area contributed by atoms with Gasteiger partial charge >= 0.3 is 0 Å². The maximum absolute atomic E-state index is 12.3. The van der Waals surface area contributed by atoms with E-state index in [0.717, 1.165) is 25.7 Å². The average Bonchev–Trinajstić information content (AvgIpc) is 2.76. The molecule has 1 aliphatic rings. The van der Waals surface area contributed by atoms with Crippen molar-refractivity contribution in [3.63, 3.8) is 0 Å². The quantitative estimate of drug-likeness (QED) is 0.829. The lowest BCUT2D eigenvalue weighted by Gasteiger charge is -2.21. The molecule has 0 saturated heterocycles. The zero-order chi connectivity index (χ0) is 14.3. The first kappa shape index (κ1) is 12.7. The number of nitriles is 1. The number of hydrogen-bond acceptors (Lipinski definition) is 4. The van der Waals surface area contributed by atoms with Gasteiger partial charge in [0, 0.05) is 0 Å². The monoisotopic (exact) mass is 272 g/mol. The van der Waals surface area contributed by atoms with Crippen molar-refractivity contribution in [3.8, 4) is 11.9 Å². The molecule has 0 amide bonds. The van der Waals surface area contributed by atoms with Crippen molar-refractivity contribution in [2.24, 2.45) is 0 Å². The molecule has 2 aromatic rings. The first-order valence-corrected chi connectivity index (χ1v) is 6.88. The van der Waals surface area contributed by atoms with Gasteiger partial charge in [0.05, 0.1) is 11.3 Å². The Morgan fingerprint density at radius 3 is 2.75 bits per heavy atom. The van der Waals surface area contributed by atoms with Crippen molar-refractivity contribution in [1.29, 1.82) is 5.26 Å². The van der Waals surface area contributed by atoms with Crippen LogP contribution in [0, 0.1) is 18.3 Å². The highest BCUT2D eigenvalue weighted by molar-refractivity contribution is 5.59. The Morgan fingerprint density at radius 1 is 1.40 bits per heavy atom. The number of aromatic amines is 1. The van der Waals surface area contributed by atoms with Crippen LogP contribution in [-0.2, 0) is 0 Å². The van der Waals surface area contributed by atoms with Crippen molar-refractivity contribution in [2.75, 3.05) is 0 Å². The van der Waals surface area contributed by atoms with Crippen molar-refractivity contribution in [1.82, 2.24) is 14.6 Å². The number of nitrogens with zero attached hydrogens (tertiary/aromatic N) is 3. The topological polar surface area (TPSA) is 94.2 Å². The van der Waals surface area contributed by atoms with Gasteiger partial charge in [-0.1, -0.05) is 19.3 Å². The summed E-state index contributed by atoms with van der Waals surface area (Å²) in [6, 6.07) is 2.01. The van der Waals surface area contributed by atoms with Crippen molar-refractivity contribution >= 4 is 5.65 Å². The second kappa shape index (κ2) is 4.67. The fourth-order valence-electron chi connectivity index (χ4n) is 3.08. The second-order valence-corrected chi connectivity index (χ2v) is 5.36. The van der Waals surface area contributed by atoms with E-state index in [1.54, 1.807) is 6.92 Å². The Morgan fingerprint density at radius 2 is 2.10 bits per heavy atom. The van der Waals surface area contributed by atoms with Crippen LogP contribution < -0.4 is 5.56 Å². The molecule has 1 aliphatic carbocycles. The molecule has 104 valence electrons. The van der Waals surface area contributed by atoms with E-state index in [2.05, 4.69) is 10.1 Å². The highest BCUT2D eigenvalue weighted by atomic mass is 16.3. The van der Waals surface area contributed by atoms with Crippen LogP contribution in [0.1, 0.15) is 54.8 Å². The third-order valence-corrected chi connectivity index (χ3v) is 4.10. The van der Waals surface area contributed by atoms with E-state index >= 15 is 0 Å². The van der Waals surface area contributed by atoms with Gasteiger partial charge in [-0.15, -0.1) is 0 Å². The Kier molecular flexibility index (Phi) is 2.97. The van der Waals surface area contributed by atoms with Crippen molar-refractivity contribution in [2.45, 2.75) is 44.9 Å². The second-order valence-electron chi connectivity index (χ2n) is 5.36. The normalized spacial score (nSPS) is 16.4. The minimum Gasteiger partial charge on any atom is -0.493 e. The van der Waals surface area contributed by atoms with E-state index in [1.165, 1.54) is 10.9 Å². The fourth-order valence-corrected chi connectivity index (χ4v) is 3.08. The standard InChI is InChI=1S/C14H16N4O2/c1-8-10(7-15)12-16-13(19)11(14(20)18(12)17-8)9-5-3-2-4-6-9/h9,20H,2-6H2,1H3,(H,16,19). The summed E-state index contributed by atoms with van der Waals surface area (Å²) >= 11 is 0. The summed E-state index contributed by atoms with van der Waals surface area (Å²) in [4.78, 5) is 15.0. The molecule has 0 bridgehead atoms. The summed E-state index contributed by atoms with van der Waals surface area (Å²) in [6.07, 6.45) is 5.14. The Balaban J connectivity index is 2.25. The number of aromatic nitrogens is 3. The molecular formula is C14H16N4O2. The summed E-state index contributed by atoms with van der Waals surface area (Å²) in [6.45, 7) is 1.68. The lowest BCUT2D eigenvalue weighted by molar-refractivity contribution is 0.390. The highest BCUT2D eigenvalue weighted by Gasteiger charge is 2.25. The lowest BCUT2D eigenvalue weighted by Crippen LogP contribution is -2.20. The zero-order valence-electron chi connectivity index (χ0n) is 11.3.